The average molecular weight is 538 g/mol. The second kappa shape index (κ2) is 8.41. The molecule has 0 unspecified atom stereocenters. The zero-order valence-corrected chi connectivity index (χ0v) is 22.1. The monoisotopic (exact) mass is 537 g/mol. The molecule has 0 aliphatic carbocycles. The van der Waals surface area contributed by atoms with Crippen molar-refractivity contribution in [2.75, 3.05) is 32.6 Å². The number of benzene rings is 2. The van der Waals surface area contributed by atoms with Crippen molar-refractivity contribution in [3.63, 3.8) is 0 Å². The third-order valence-corrected chi connectivity index (χ3v) is 9.74. The summed E-state index contributed by atoms with van der Waals surface area (Å²) in [7, 11) is 5.07. The molecule has 3 atom stereocenters. The van der Waals surface area contributed by atoms with Gasteiger partial charge >= 0.3 is 0 Å². The third-order valence-electron chi connectivity index (χ3n) is 7.80. The number of fused-ring (bicyclic) bond motifs is 3. The van der Waals surface area contributed by atoms with E-state index in [4.69, 9.17) is 21.4 Å². The molecule has 1 aromatic heterocycles. The number of rotatable bonds is 4. The van der Waals surface area contributed by atoms with E-state index in [9.17, 15) is 14.0 Å². The molecule has 2 aromatic carbocycles. The number of hydrogen-bond donors (Lipinski definition) is 0. The van der Waals surface area contributed by atoms with Gasteiger partial charge in [-0.3, -0.25) is 19.4 Å². The van der Waals surface area contributed by atoms with Gasteiger partial charge in [-0.2, -0.15) is 0 Å². The van der Waals surface area contributed by atoms with Crippen LogP contribution in [0.25, 0.3) is 0 Å². The molecule has 0 bridgehead atoms. The second-order valence-corrected chi connectivity index (χ2v) is 11.4. The van der Waals surface area contributed by atoms with Crippen LogP contribution in [-0.4, -0.2) is 58.4 Å². The molecule has 2 amide bonds. The third kappa shape index (κ3) is 3.06. The number of carbonyl (C=O) groups is 2. The number of nitrogens with zero attached hydrogens (tertiary/aromatic N) is 3. The van der Waals surface area contributed by atoms with E-state index in [1.54, 1.807) is 38.6 Å². The first-order valence-electron chi connectivity index (χ1n) is 11.8. The van der Waals surface area contributed by atoms with Crippen molar-refractivity contribution in [1.82, 2.24) is 9.80 Å². The Balaban J connectivity index is 1.62. The zero-order chi connectivity index (χ0) is 26.1. The summed E-state index contributed by atoms with van der Waals surface area (Å²) in [6, 6.07) is 15.4. The van der Waals surface area contributed by atoms with Crippen LogP contribution < -0.4 is 9.64 Å². The van der Waals surface area contributed by atoms with Crippen molar-refractivity contribution in [2.24, 2.45) is 0 Å². The number of carbonyl (C=O) groups excluding carboxylic acids is 2. The molecule has 10 heteroatoms. The lowest BCUT2D eigenvalue weighted by Gasteiger charge is -2.42. The number of methoxy groups -OCH3 is 1. The Morgan fingerprint density at radius 1 is 1.14 bits per heavy atom. The van der Waals surface area contributed by atoms with Crippen molar-refractivity contribution >= 4 is 45.8 Å². The van der Waals surface area contributed by atoms with Crippen LogP contribution in [0.2, 0.25) is 0 Å². The largest absolute Gasteiger partial charge is 0.497 e. The van der Waals surface area contributed by atoms with E-state index in [1.807, 2.05) is 36.2 Å². The lowest BCUT2D eigenvalue weighted by Crippen LogP contribution is -2.62. The molecular weight excluding hydrogens is 513 g/mol. The van der Waals surface area contributed by atoms with Gasteiger partial charge in [0, 0.05) is 30.8 Å². The molecule has 0 saturated carbocycles. The Morgan fingerprint density at radius 3 is 2.68 bits per heavy atom. The van der Waals surface area contributed by atoms with E-state index in [2.05, 4.69) is 0 Å². The summed E-state index contributed by atoms with van der Waals surface area (Å²) in [4.78, 5) is 34.0. The van der Waals surface area contributed by atoms with Gasteiger partial charge in [0.15, 0.2) is 5.54 Å². The molecule has 37 heavy (non-hydrogen) atoms. The number of halogens is 1. The van der Waals surface area contributed by atoms with E-state index < -0.39 is 22.0 Å². The highest BCUT2D eigenvalue weighted by Crippen LogP contribution is 2.66. The van der Waals surface area contributed by atoms with Crippen LogP contribution in [0, 0.1) is 5.82 Å². The van der Waals surface area contributed by atoms with Crippen LogP contribution in [-0.2, 0) is 21.7 Å². The highest BCUT2D eigenvalue weighted by molar-refractivity contribution is 8.25. The Kier molecular flexibility index (Phi) is 5.48. The van der Waals surface area contributed by atoms with Gasteiger partial charge in [0.2, 0.25) is 5.91 Å². The minimum Gasteiger partial charge on any atom is -0.497 e. The fraction of sp³-hybridized carbons (Fsp3) is 0.296. The molecule has 0 N–H and O–H groups in total. The molecule has 2 saturated heterocycles. The molecular formula is C27H24FN3O4S2. The van der Waals surface area contributed by atoms with E-state index >= 15 is 0 Å². The number of thioether (sulfide) groups is 1. The summed E-state index contributed by atoms with van der Waals surface area (Å²) >= 11 is 7.00. The number of likely N-dealkylation sites (tertiary alicyclic amines) is 1. The number of thiocarbonyl (C=S) groups is 1. The minimum atomic E-state index is -1.48. The predicted octanol–water partition coefficient (Wildman–Crippen LogP) is 4.13. The standard InChI is InChI=1S/C27H24FN3O4S2/c1-29-15-21(16-6-4-7-18(12-16)34-3)27(24(33)31(25(36)37-27)14-19-8-5-11-35-19)26(29)20-13-17(28)9-10-22(20)30(2)23(26)32/h4-13,21H,14-15H2,1-3H3/t21-,26+,27+/m0/s1. The number of furan rings is 1. The van der Waals surface area contributed by atoms with Gasteiger partial charge in [0.25, 0.3) is 5.91 Å². The summed E-state index contributed by atoms with van der Waals surface area (Å²) in [5.41, 5.74) is 0.410. The molecule has 3 aliphatic heterocycles. The first kappa shape index (κ1) is 24.1. The highest BCUT2D eigenvalue weighted by atomic mass is 32.2. The first-order valence-corrected chi connectivity index (χ1v) is 13.0. The topological polar surface area (TPSA) is 66.2 Å². The first-order chi connectivity index (χ1) is 17.8. The van der Waals surface area contributed by atoms with Crippen LogP contribution in [0.4, 0.5) is 10.1 Å². The molecule has 6 rings (SSSR count). The van der Waals surface area contributed by atoms with Crippen molar-refractivity contribution < 1.29 is 23.1 Å². The normalized spacial score (nSPS) is 27.2. The van der Waals surface area contributed by atoms with Crippen molar-refractivity contribution in [1.29, 1.82) is 0 Å². The smallest absolute Gasteiger partial charge is 0.254 e. The zero-order valence-electron chi connectivity index (χ0n) is 20.4. The quantitative estimate of drug-likeness (QED) is 0.464. The fourth-order valence-electron chi connectivity index (χ4n) is 6.22. The van der Waals surface area contributed by atoms with Crippen LogP contribution in [0.1, 0.15) is 22.8 Å². The van der Waals surface area contributed by atoms with Crippen LogP contribution in [0.3, 0.4) is 0 Å². The molecule has 4 heterocycles. The SMILES string of the molecule is COc1cccc([C@@H]2CN(C)[C@]3(C(=O)N(C)c4ccc(F)cc43)[C@@]23SC(=S)N(Cc2ccco2)C3=O)c1. The number of ether oxygens (including phenoxy) is 1. The number of anilines is 1. The van der Waals surface area contributed by atoms with E-state index in [-0.39, 0.29) is 18.4 Å². The minimum absolute atomic E-state index is 0.143. The van der Waals surface area contributed by atoms with Crippen LogP contribution in [0.5, 0.6) is 5.75 Å². The fourth-order valence-corrected chi connectivity index (χ4v) is 8.35. The molecule has 0 radical (unpaired) electrons. The highest BCUT2D eigenvalue weighted by Gasteiger charge is 2.78. The van der Waals surface area contributed by atoms with Crippen molar-refractivity contribution in [3.05, 3.63) is 83.6 Å². The summed E-state index contributed by atoms with van der Waals surface area (Å²) in [5, 5.41) is 0. The van der Waals surface area contributed by atoms with E-state index in [0.29, 0.717) is 33.6 Å². The van der Waals surface area contributed by atoms with Crippen LogP contribution >= 0.6 is 24.0 Å². The van der Waals surface area contributed by atoms with E-state index in [1.165, 1.54) is 33.7 Å². The predicted molar refractivity (Wildman–Crippen MR) is 142 cm³/mol. The molecule has 190 valence electrons. The van der Waals surface area contributed by atoms with Gasteiger partial charge in [-0.15, -0.1) is 0 Å². The second-order valence-electron chi connectivity index (χ2n) is 9.52. The lowest BCUT2D eigenvalue weighted by atomic mass is 9.72. The Bertz CT molecular complexity index is 1450. The van der Waals surface area contributed by atoms with Crippen molar-refractivity contribution in [2.45, 2.75) is 22.7 Å². The molecule has 3 aliphatic rings. The average Bonchev–Trinajstić information content (AvgIpc) is 3.61. The number of amides is 2. The maximum absolute atomic E-state index is 14.8. The van der Waals surface area contributed by atoms with Gasteiger partial charge in [0.1, 0.15) is 26.4 Å². The molecule has 2 spiro atoms. The van der Waals surface area contributed by atoms with Gasteiger partial charge in [-0.05, 0) is 55.1 Å². The summed E-state index contributed by atoms with van der Waals surface area (Å²) in [5.74, 6) is -0.285. The number of likely N-dealkylation sites (N-methyl/N-ethyl adjacent to an activating group) is 2. The van der Waals surface area contributed by atoms with Gasteiger partial charge in [-0.1, -0.05) is 36.1 Å². The maximum atomic E-state index is 14.8. The van der Waals surface area contributed by atoms with Crippen molar-refractivity contribution in [3.8, 4) is 5.75 Å². The lowest BCUT2D eigenvalue weighted by molar-refractivity contribution is -0.139. The number of hydrogen-bond acceptors (Lipinski definition) is 7. The summed E-state index contributed by atoms with van der Waals surface area (Å²) in [6.07, 6.45) is 1.54. The Hall–Kier alpha value is -3.21. The maximum Gasteiger partial charge on any atom is 0.254 e. The molecule has 3 aromatic rings. The Morgan fingerprint density at radius 2 is 1.95 bits per heavy atom. The van der Waals surface area contributed by atoms with Gasteiger partial charge in [-0.25, -0.2) is 4.39 Å². The summed E-state index contributed by atoms with van der Waals surface area (Å²) < 4.78 is 24.7. The molecule has 2 fully saturated rings. The molecule has 7 nitrogen and oxygen atoms in total. The van der Waals surface area contributed by atoms with E-state index in [0.717, 1.165) is 5.56 Å². The summed E-state index contributed by atoms with van der Waals surface area (Å²) in [6.45, 7) is 0.517. The van der Waals surface area contributed by atoms with Gasteiger partial charge < -0.3 is 14.1 Å². The van der Waals surface area contributed by atoms with Crippen LogP contribution in [0.15, 0.2) is 65.3 Å². The Labute approximate surface area is 223 Å². The van der Waals surface area contributed by atoms with Gasteiger partial charge in [0.05, 0.1) is 19.9 Å².